The van der Waals surface area contributed by atoms with Crippen molar-refractivity contribution in [2.24, 2.45) is 5.92 Å². The van der Waals surface area contributed by atoms with Crippen molar-refractivity contribution in [2.75, 3.05) is 13.1 Å². The molecule has 0 unspecified atom stereocenters. The molecule has 0 bridgehead atoms. The van der Waals surface area contributed by atoms with Gasteiger partial charge in [-0.25, -0.2) is 4.79 Å². The van der Waals surface area contributed by atoms with Crippen LogP contribution >= 0.6 is 0 Å². The summed E-state index contributed by atoms with van der Waals surface area (Å²) in [5, 5.41) is 14.8. The van der Waals surface area contributed by atoms with Crippen molar-refractivity contribution in [3.8, 4) is 0 Å². The number of piperidine rings is 1. The lowest BCUT2D eigenvalue weighted by Gasteiger charge is -2.24. The Morgan fingerprint density at radius 1 is 1.53 bits per heavy atom. The quantitative estimate of drug-likeness (QED) is 0.642. The van der Waals surface area contributed by atoms with Crippen molar-refractivity contribution in [3.05, 3.63) is 0 Å². The second-order valence-electron chi connectivity index (χ2n) is 4.58. The first-order valence-corrected chi connectivity index (χ1v) is 6.39. The van der Waals surface area contributed by atoms with Crippen LogP contribution in [0.3, 0.4) is 0 Å². The van der Waals surface area contributed by atoms with Gasteiger partial charge in [0.15, 0.2) is 0 Å². The molecule has 3 N–H and O–H groups in total. The number of hydrogen-bond donors (Lipinski definition) is 3. The van der Waals surface area contributed by atoms with Crippen molar-refractivity contribution in [1.29, 1.82) is 0 Å². The maximum Gasteiger partial charge on any atom is 0.326 e. The van der Waals surface area contributed by atoms with Crippen molar-refractivity contribution in [2.45, 2.75) is 45.1 Å². The number of unbranched alkanes of at least 4 members (excludes halogenated alkanes) is 1. The predicted molar refractivity (Wildman–Crippen MR) is 64.7 cm³/mol. The summed E-state index contributed by atoms with van der Waals surface area (Å²) >= 11 is 0. The van der Waals surface area contributed by atoms with E-state index in [9.17, 15) is 9.59 Å². The van der Waals surface area contributed by atoms with E-state index < -0.39 is 12.0 Å². The fraction of sp³-hybridized carbons (Fsp3) is 0.833. The second-order valence-corrected chi connectivity index (χ2v) is 4.58. The van der Waals surface area contributed by atoms with E-state index in [-0.39, 0.29) is 11.8 Å². The molecule has 0 aliphatic carbocycles. The molecule has 0 spiro atoms. The summed E-state index contributed by atoms with van der Waals surface area (Å²) in [6, 6.07) is -0.732. The van der Waals surface area contributed by atoms with Crippen LogP contribution in [0.4, 0.5) is 0 Å². The van der Waals surface area contributed by atoms with Crippen LogP contribution in [0.15, 0.2) is 0 Å². The van der Waals surface area contributed by atoms with Crippen LogP contribution in [-0.4, -0.2) is 36.1 Å². The first kappa shape index (κ1) is 14.0. The third-order valence-corrected chi connectivity index (χ3v) is 3.13. The minimum absolute atomic E-state index is 0.0766. The first-order chi connectivity index (χ1) is 8.15. The molecule has 0 aromatic heterocycles. The summed E-state index contributed by atoms with van der Waals surface area (Å²) in [6.07, 6.45) is 4.09. The van der Waals surface area contributed by atoms with Crippen molar-refractivity contribution < 1.29 is 14.7 Å². The Balaban J connectivity index is 2.42. The van der Waals surface area contributed by atoms with E-state index in [2.05, 4.69) is 10.6 Å². The van der Waals surface area contributed by atoms with E-state index in [0.29, 0.717) is 13.0 Å². The van der Waals surface area contributed by atoms with Gasteiger partial charge in [0, 0.05) is 6.54 Å². The van der Waals surface area contributed by atoms with E-state index in [1.54, 1.807) is 0 Å². The number of rotatable bonds is 6. The largest absolute Gasteiger partial charge is 0.480 e. The summed E-state index contributed by atoms with van der Waals surface area (Å²) in [4.78, 5) is 22.9. The van der Waals surface area contributed by atoms with E-state index in [0.717, 1.165) is 32.2 Å². The van der Waals surface area contributed by atoms with E-state index in [4.69, 9.17) is 5.11 Å². The highest BCUT2D eigenvalue weighted by Crippen LogP contribution is 2.11. The molecule has 1 saturated heterocycles. The number of carbonyl (C=O) groups excluding carboxylic acids is 1. The van der Waals surface area contributed by atoms with Crippen molar-refractivity contribution in [3.63, 3.8) is 0 Å². The van der Waals surface area contributed by atoms with Gasteiger partial charge in [0.25, 0.3) is 0 Å². The number of carboxylic acids is 1. The molecule has 1 amide bonds. The predicted octanol–water partition coefficient (Wildman–Crippen LogP) is 0.746. The summed E-state index contributed by atoms with van der Waals surface area (Å²) in [5.74, 6) is -1.14. The average Bonchev–Trinajstić information content (AvgIpc) is 2.35. The molecule has 1 rings (SSSR count). The van der Waals surface area contributed by atoms with Gasteiger partial charge in [-0.2, -0.15) is 0 Å². The molecule has 5 heteroatoms. The molecule has 0 radical (unpaired) electrons. The highest BCUT2D eigenvalue weighted by atomic mass is 16.4. The molecule has 98 valence electrons. The number of nitrogens with one attached hydrogen (secondary N) is 2. The SMILES string of the molecule is CCCC[C@H](NC(=O)[C@@H]1CCCNC1)C(=O)O. The van der Waals surface area contributed by atoms with Crippen LogP contribution in [0.2, 0.25) is 0 Å². The van der Waals surface area contributed by atoms with Gasteiger partial charge >= 0.3 is 5.97 Å². The Morgan fingerprint density at radius 2 is 2.29 bits per heavy atom. The van der Waals surface area contributed by atoms with Crippen LogP contribution in [0.5, 0.6) is 0 Å². The van der Waals surface area contributed by atoms with Crippen molar-refractivity contribution in [1.82, 2.24) is 10.6 Å². The normalized spacial score (nSPS) is 21.8. The molecule has 1 fully saturated rings. The van der Waals surface area contributed by atoms with E-state index in [1.165, 1.54) is 0 Å². The highest BCUT2D eigenvalue weighted by Gasteiger charge is 2.25. The molecule has 1 aliphatic heterocycles. The van der Waals surface area contributed by atoms with Gasteiger partial charge in [0.05, 0.1) is 5.92 Å². The fourth-order valence-electron chi connectivity index (χ4n) is 2.03. The fourth-order valence-corrected chi connectivity index (χ4v) is 2.03. The zero-order valence-electron chi connectivity index (χ0n) is 10.4. The minimum Gasteiger partial charge on any atom is -0.480 e. The molecule has 0 aromatic carbocycles. The summed E-state index contributed by atoms with van der Waals surface area (Å²) in [7, 11) is 0. The highest BCUT2D eigenvalue weighted by molar-refractivity contribution is 5.85. The van der Waals surface area contributed by atoms with Crippen molar-refractivity contribution >= 4 is 11.9 Å². The molecular weight excluding hydrogens is 220 g/mol. The zero-order valence-corrected chi connectivity index (χ0v) is 10.4. The second kappa shape index (κ2) is 7.27. The van der Waals surface area contributed by atoms with Gasteiger partial charge < -0.3 is 15.7 Å². The third-order valence-electron chi connectivity index (χ3n) is 3.13. The Labute approximate surface area is 102 Å². The number of carbonyl (C=O) groups is 2. The number of aliphatic carboxylic acids is 1. The number of hydrogen-bond acceptors (Lipinski definition) is 3. The maximum atomic E-state index is 11.9. The summed E-state index contributed by atoms with van der Waals surface area (Å²) < 4.78 is 0. The summed E-state index contributed by atoms with van der Waals surface area (Å²) in [5.41, 5.74) is 0. The van der Waals surface area contributed by atoms with Crippen LogP contribution in [-0.2, 0) is 9.59 Å². The third kappa shape index (κ3) is 4.73. The maximum absolute atomic E-state index is 11.9. The Bertz CT molecular complexity index is 262. The standard InChI is InChI=1S/C12H22N2O3/c1-2-3-6-10(12(16)17)14-11(15)9-5-4-7-13-8-9/h9-10,13H,2-8H2,1H3,(H,14,15)(H,16,17)/t9-,10+/m1/s1. The number of amides is 1. The molecule has 0 aromatic rings. The molecule has 5 nitrogen and oxygen atoms in total. The smallest absolute Gasteiger partial charge is 0.326 e. The van der Waals surface area contributed by atoms with E-state index in [1.807, 2.05) is 6.92 Å². The van der Waals surface area contributed by atoms with Crippen LogP contribution in [0, 0.1) is 5.92 Å². The molecule has 2 atom stereocenters. The minimum atomic E-state index is -0.935. The molecule has 1 aliphatic rings. The lowest BCUT2D eigenvalue weighted by atomic mass is 9.98. The molecular formula is C12H22N2O3. The van der Waals surface area contributed by atoms with Crippen LogP contribution in [0.25, 0.3) is 0 Å². The average molecular weight is 242 g/mol. The lowest BCUT2D eigenvalue weighted by Crippen LogP contribution is -2.47. The Hall–Kier alpha value is -1.10. The first-order valence-electron chi connectivity index (χ1n) is 6.39. The molecule has 1 heterocycles. The molecule has 17 heavy (non-hydrogen) atoms. The van der Waals surface area contributed by atoms with Gasteiger partial charge in [-0.3, -0.25) is 4.79 Å². The topological polar surface area (TPSA) is 78.4 Å². The van der Waals surface area contributed by atoms with Gasteiger partial charge in [0.2, 0.25) is 5.91 Å². The van der Waals surface area contributed by atoms with Crippen LogP contribution < -0.4 is 10.6 Å². The lowest BCUT2D eigenvalue weighted by molar-refractivity contribution is -0.142. The van der Waals surface area contributed by atoms with Crippen LogP contribution in [0.1, 0.15) is 39.0 Å². The summed E-state index contributed by atoms with van der Waals surface area (Å²) in [6.45, 7) is 3.61. The van der Waals surface area contributed by atoms with Gasteiger partial charge in [-0.1, -0.05) is 19.8 Å². The number of carboxylic acid groups (broad SMARTS) is 1. The Kier molecular flexibility index (Phi) is 5.97. The van der Waals surface area contributed by atoms with Gasteiger partial charge in [-0.15, -0.1) is 0 Å². The van der Waals surface area contributed by atoms with Gasteiger partial charge in [0.1, 0.15) is 6.04 Å². The van der Waals surface area contributed by atoms with Gasteiger partial charge in [-0.05, 0) is 25.8 Å². The monoisotopic (exact) mass is 242 g/mol. The zero-order chi connectivity index (χ0) is 12.7. The molecule has 0 saturated carbocycles. The Morgan fingerprint density at radius 3 is 2.82 bits per heavy atom. The van der Waals surface area contributed by atoms with E-state index >= 15 is 0 Å².